The van der Waals surface area contributed by atoms with E-state index >= 15 is 0 Å². The molecule has 0 spiro atoms. The van der Waals surface area contributed by atoms with E-state index in [1.165, 1.54) is 51.4 Å². The minimum absolute atomic E-state index is 0.173. The molecule has 2 saturated carbocycles. The van der Waals surface area contributed by atoms with Crippen molar-refractivity contribution in [3.05, 3.63) is 0 Å². The molecular formula is C14H22ClNO. The van der Waals surface area contributed by atoms with E-state index in [2.05, 4.69) is 4.90 Å². The molecule has 1 saturated heterocycles. The van der Waals surface area contributed by atoms with Gasteiger partial charge in [0.05, 0.1) is 0 Å². The lowest BCUT2D eigenvalue weighted by Gasteiger charge is -2.34. The summed E-state index contributed by atoms with van der Waals surface area (Å²) in [6.07, 6.45) is 10.5. The number of hydrogen-bond acceptors (Lipinski definition) is 1. The third kappa shape index (κ3) is 1.89. The second-order valence-electron chi connectivity index (χ2n) is 5.97. The highest BCUT2D eigenvalue weighted by atomic mass is 35.5. The van der Waals surface area contributed by atoms with Crippen molar-refractivity contribution in [2.24, 2.45) is 11.8 Å². The summed E-state index contributed by atoms with van der Waals surface area (Å²) >= 11 is 5.80. The molecule has 0 aromatic rings. The summed E-state index contributed by atoms with van der Waals surface area (Å²) in [6, 6.07) is 1.06. The van der Waals surface area contributed by atoms with Crippen LogP contribution in [0.4, 0.5) is 0 Å². The first-order chi connectivity index (χ1) is 8.33. The number of nitrogens with zero attached hydrogens (tertiary/aromatic N) is 1. The summed E-state index contributed by atoms with van der Waals surface area (Å²) in [6.45, 7) is 0. The van der Waals surface area contributed by atoms with Gasteiger partial charge in [0, 0.05) is 12.1 Å². The van der Waals surface area contributed by atoms with Gasteiger partial charge in [-0.05, 0) is 37.5 Å². The van der Waals surface area contributed by atoms with Gasteiger partial charge in [0.25, 0.3) is 0 Å². The number of hydrogen-bond donors (Lipinski definition) is 0. The molecule has 1 heterocycles. The third-order valence-corrected chi connectivity index (χ3v) is 5.46. The van der Waals surface area contributed by atoms with E-state index in [9.17, 15) is 4.79 Å². The Labute approximate surface area is 109 Å². The molecule has 96 valence electrons. The zero-order valence-electron chi connectivity index (χ0n) is 10.4. The van der Waals surface area contributed by atoms with E-state index in [1.807, 2.05) is 0 Å². The number of carbonyl (C=O) groups excluding carboxylic acids is 1. The molecule has 1 aliphatic heterocycles. The maximum atomic E-state index is 12.1. The van der Waals surface area contributed by atoms with Gasteiger partial charge in [-0.15, -0.1) is 11.6 Å². The Morgan fingerprint density at radius 2 is 1.41 bits per heavy atom. The van der Waals surface area contributed by atoms with Crippen LogP contribution in [0.1, 0.15) is 51.4 Å². The van der Waals surface area contributed by atoms with Crippen molar-refractivity contribution in [1.29, 1.82) is 0 Å². The van der Waals surface area contributed by atoms with Gasteiger partial charge in [0.15, 0.2) is 0 Å². The van der Waals surface area contributed by atoms with E-state index in [4.69, 9.17) is 11.6 Å². The van der Waals surface area contributed by atoms with Crippen LogP contribution in [-0.2, 0) is 4.79 Å². The van der Waals surface area contributed by atoms with Crippen molar-refractivity contribution < 1.29 is 4.79 Å². The fraction of sp³-hybridized carbons (Fsp3) is 0.929. The van der Waals surface area contributed by atoms with Crippen LogP contribution in [0.3, 0.4) is 0 Å². The van der Waals surface area contributed by atoms with Crippen LogP contribution in [0.15, 0.2) is 0 Å². The Balaban J connectivity index is 1.87. The fourth-order valence-corrected chi connectivity index (χ4v) is 4.79. The summed E-state index contributed by atoms with van der Waals surface area (Å²) in [5.74, 6) is 1.95. The normalized spacial score (nSPS) is 40.9. The lowest BCUT2D eigenvalue weighted by Crippen LogP contribution is -2.44. The number of rotatable bonds is 1. The fourth-order valence-electron chi connectivity index (χ4n) is 4.65. The minimum atomic E-state index is 0.173. The van der Waals surface area contributed by atoms with E-state index in [0.29, 0.717) is 12.1 Å². The average molecular weight is 256 g/mol. The number of carbonyl (C=O) groups is 1. The second-order valence-corrected chi connectivity index (χ2v) is 6.23. The number of likely N-dealkylation sites (tertiary alicyclic amines) is 1. The molecular weight excluding hydrogens is 234 g/mol. The molecule has 0 aromatic carbocycles. The Kier molecular flexibility index (Phi) is 3.34. The topological polar surface area (TPSA) is 20.3 Å². The molecule has 0 bridgehead atoms. The standard InChI is InChI=1S/C14H22ClNO/c15-9-14(17)16-12-7-3-1-5-10(12)11-6-2-4-8-13(11)16/h10-13H,1-9H2/t10-,11-,12-,13+/m1/s1. The molecule has 3 aliphatic rings. The smallest absolute Gasteiger partial charge is 0.238 e. The van der Waals surface area contributed by atoms with Crippen molar-refractivity contribution in [3.63, 3.8) is 0 Å². The number of amides is 1. The molecule has 0 aromatic heterocycles. The highest BCUT2D eigenvalue weighted by Gasteiger charge is 2.50. The first-order valence-electron chi connectivity index (χ1n) is 7.20. The Morgan fingerprint density at radius 1 is 0.941 bits per heavy atom. The first kappa shape index (κ1) is 11.8. The van der Waals surface area contributed by atoms with Crippen molar-refractivity contribution in [2.45, 2.75) is 63.5 Å². The van der Waals surface area contributed by atoms with Gasteiger partial charge in [0.1, 0.15) is 5.88 Å². The van der Waals surface area contributed by atoms with Crippen LogP contribution in [0.25, 0.3) is 0 Å². The zero-order valence-corrected chi connectivity index (χ0v) is 11.2. The molecule has 4 atom stereocenters. The lowest BCUT2D eigenvalue weighted by molar-refractivity contribution is -0.132. The van der Waals surface area contributed by atoms with Crippen LogP contribution in [0.5, 0.6) is 0 Å². The molecule has 3 fully saturated rings. The Morgan fingerprint density at radius 3 is 1.88 bits per heavy atom. The van der Waals surface area contributed by atoms with Gasteiger partial charge in [-0.25, -0.2) is 0 Å². The maximum Gasteiger partial charge on any atom is 0.238 e. The highest BCUT2D eigenvalue weighted by molar-refractivity contribution is 6.27. The van der Waals surface area contributed by atoms with E-state index in [-0.39, 0.29) is 11.8 Å². The summed E-state index contributed by atoms with van der Waals surface area (Å²) < 4.78 is 0. The number of fused-ring (bicyclic) bond motifs is 3. The maximum absolute atomic E-state index is 12.1. The van der Waals surface area contributed by atoms with Crippen LogP contribution in [0, 0.1) is 11.8 Å². The van der Waals surface area contributed by atoms with Crippen LogP contribution >= 0.6 is 11.6 Å². The highest BCUT2D eigenvalue weighted by Crippen LogP contribution is 2.49. The summed E-state index contributed by atoms with van der Waals surface area (Å²) in [7, 11) is 0. The predicted molar refractivity (Wildman–Crippen MR) is 69.1 cm³/mol. The third-order valence-electron chi connectivity index (χ3n) is 5.23. The van der Waals surface area contributed by atoms with Crippen molar-refractivity contribution in [3.8, 4) is 0 Å². The van der Waals surface area contributed by atoms with Gasteiger partial charge < -0.3 is 4.90 Å². The van der Waals surface area contributed by atoms with Gasteiger partial charge in [-0.1, -0.05) is 25.7 Å². The van der Waals surface area contributed by atoms with Gasteiger partial charge in [-0.2, -0.15) is 0 Å². The van der Waals surface area contributed by atoms with Gasteiger partial charge in [0.2, 0.25) is 5.91 Å². The Hall–Kier alpha value is -0.240. The molecule has 2 aliphatic carbocycles. The first-order valence-corrected chi connectivity index (χ1v) is 7.73. The summed E-state index contributed by atoms with van der Waals surface area (Å²) in [5.41, 5.74) is 0. The molecule has 3 heteroatoms. The van der Waals surface area contributed by atoms with Gasteiger partial charge >= 0.3 is 0 Å². The zero-order chi connectivity index (χ0) is 11.8. The SMILES string of the molecule is O=C(CCl)N1[C@@H]2CCCC[C@@H]2[C@H]2CCCC[C@@H]21. The lowest BCUT2D eigenvalue weighted by atomic mass is 9.73. The van der Waals surface area contributed by atoms with Crippen molar-refractivity contribution in [2.75, 3.05) is 5.88 Å². The van der Waals surface area contributed by atoms with Crippen LogP contribution < -0.4 is 0 Å². The molecule has 0 unspecified atom stereocenters. The number of alkyl halides is 1. The average Bonchev–Trinajstić information content (AvgIpc) is 2.72. The van der Waals surface area contributed by atoms with Crippen molar-refractivity contribution >= 4 is 17.5 Å². The molecule has 1 amide bonds. The van der Waals surface area contributed by atoms with E-state index < -0.39 is 0 Å². The quantitative estimate of drug-likeness (QED) is 0.659. The number of halogens is 1. The van der Waals surface area contributed by atoms with Crippen LogP contribution in [0.2, 0.25) is 0 Å². The van der Waals surface area contributed by atoms with E-state index in [0.717, 1.165) is 11.8 Å². The van der Waals surface area contributed by atoms with Gasteiger partial charge in [-0.3, -0.25) is 4.79 Å². The molecule has 0 N–H and O–H groups in total. The van der Waals surface area contributed by atoms with Crippen LogP contribution in [-0.4, -0.2) is 28.8 Å². The monoisotopic (exact) mass is 255 g/mol. The summed E-state index contributed by atoms with van der Waals surface area (Å²) in [4.78, 5) is 14.3. The summed E-state index contributed by atoms with van der Waals surface area (Å²) in [5, 5.41) is 0. The Bertz CT molecular complexity index is 285. The molecule has 3 rings (SSSR count). The molecule has 2 nitrogen and oxygen atoms in total. The predicted octanol–water partition coefficient (Wildman–Crippen LogP) is 3.19. The minimum Gasteiger partial charge on any atom is -0.335 e. The molecule has 17 heavy (non-hydrogen) atoms. The largest absolute Gasteiger partial charge is 0.335 e. The second kappa shape index (κ2) is 4.79. The van der Waals surface area contributed by atoms with E-state index in [1.54, 1.807) is 0 Å². The molecule has 0 radical (unpaired) electrons. The van der Waals surface area contributed by atoms with Crippen molar-refractivity contribution in [1.82, 2.24) is 4.90 Å².